The summed E-state index contributed by atoms with van der Waals surface area (Å²) in [6.45, 7) is 3.14. The molecule has 1 saturated heterocycles. The number of benzene rings is 1. The first-order chi connectivity index (χ1) is 11.0. The molecule has 1 fully saturated rings. The maximum atomic E-state index is 12.4. The molecular weight excluding hydrogens is 398 g/mol. The van der Waals surface area contributed by atoms with Gasteiger partial charge in [0.2, 0.25) is 11.8 Å². The van der Waals surface area contributed by atoms with E-state index < -0.39 is 5.41 Å². The lowest BCUT2D eigenvalue weighted by molar-refractivity contribution is -0.137. The van der Waals surface area contributed by atoms with Gasteiger partial charge in [-0.25, -0.2) is 0 Å². The van der Waals surface area contributed by atoms with E-state index in [0.717, 1.165) is 15.7 Å². The average molecular weight is 421 g/mol. The second-order valence-corrected chi connectivity index (χ2v) is 6.70. The molecule has 4 N–H and O–H groups in total. The van der Waals surface area contributed by atoms with Gasteiger partial charge in [0.25, 0.3) is 0 Å². The Morgan fingerprint density at radius 2 is 2.00 bits per heavy atom. The Kier molecular flexibility index (Phi) is 8.15. The minimum Gasteiger partial charge on any atom is -0.381 e. The molecule has 0 saturated carbocycles. The molecule has 1 aliphatic rings. The summed E-state index contributed by atoms with van der Waals surface area (Å²) in [7, 11) is 0. The van der Waals surface area contributed by atoms with Crippen molar-refractivity contribution in [2.75, 3.05) is 31.6 Å². The fraction of sp³-hybridized carbons (Fsp3) is 0.500. The minimum absolute atomic E-state index is 0. The number of ether oxygens (including phenoxy) is 1. The van der Waals surface area contributed by atoms with E-state index in [2.05, 4.69) is 26.6 Å². The Balaban J connectivity index is 0.00000288. The number of nitrogens with one attached hydrogen (secondary N) is 2. The van der Waals surface area contributed by atoms with Gasteiger partial charge in [-0.05, 0) is 37.5 Å². The molecule has 1 aromatic carbocycles. The number of carbonyl (C=O) groups excluding carboxylic acids is 2. The molecule has 0 unspecified atom stereocenters. The summed E-state index contributed by atoms with van der Waals surface area (Å²) in [4.78, 5) is 24.5. The van der Waals surface area contributed by atoms with Crippen molar-refractivity contribution in [1.29, 1.82) is 0 Å². The lowest BCUT2D eigenvalue weighted by atomic mass is 9.79. The van der Waals surface area contributed by atoms with Crippen LogP contribution in [-0.4, -0.2) is 38.1 Å². The molecule has 8 heteroatoms. The highest BCUT2D eigenvalue weighted by molar-refractivity contribution is 9.10. The van der Waals surface area contributed by atoms with Crippen molar-refractivity contribution in [3.8, 4) is 0 Å². The first kappa shape index (κ1) is 20.9. The van der Waals surface area contributed by atoms with Crippen LogP contribution in [-0.2, 0) is 14.3 Å². The molecule has 1 aromatic rings. The minimum atomic E-state index is -0.621. The van der Waals surface area contributed by atoms with E-state index in [1.165, 1.54) is 0 Å². The number of halogens is 2. The van der Waals surface area contributed by atoms with E-state index in [9.17, 15) is 9.59 Å². The summed E-state index contributed by atoms with van der Waals surface area (Å²) in [6, 6.07) is 5.64. The lowest BCUT2D eigenvalue weighted by Crippen LogP contribution is -2.50. The molecule has 0 spiro atoms. The molecule has 0 atom stereocenters. The molecule has 134 valence electrons. The highest BCUT2D eigenvalue weighted by Gasteiger charge is 2.38. The third-order valence-electron chi connectivity index (χ3n) is 4.21. The second kappa shape index (κ2) is 9.36. The van der Waals surface area contributed by atoms with Gasteiger partial charge in [0.15, 0.2) is 0 Å². The molecule has 0 bridgehead atoms. The molecule has 1 aliphatic heterocycles. The van der Waals surface area contributed by atoms with Crippen molar-refractivity contribution < 1.29 is 14.3 Å². The third kappa shape index (κ3) is 5.17. The van der Waals surface area contributed by atoms with Crippen LogP contribution in [0, 0.1) is 12.3 Å². The zero-order valence-electron chi connectivity index (χ0n) is 13.6. The number of rotatable bonds is 5. The molecule has 6 nitrogen and oxygen atoms in total. The van der Waals surface area contributed by atoms with E-state index in [-0.39, 0.29) is 37.3 Å². The van der Waals surface area contributed by atoms with Crippen LogP contribution in [0.4, 0.5) is 5.69 Å². The summed E-state index contributed by atoms with van der Waals surface area (Å²) >= 11 is 3.37. The van der Waals surface area contributed by atoms with Gasteiger partial charge in [-0.1, -0.05) is 22.0 Å². The largest absolute Gasteiger partial charge is 0.381 e. The summed E-state index contributed by atoms with van der Waals surface area (Å²) in [5.41, 5.74) is 6.84. The Labute approximate surface area is 156 Å². The number of hydrogen-bond acceptors (Lipinski definition) is 4. The van der Waals surface area contributed by atoms with Gasteiger partial charge in [-0.3, -0.25) is 9.59 Å². The lowest BCUT2D eigenvalue weighted by Gasteiger charge is -2.34. The van der Waals surface area contributed by atoms with Crippen LogP contribution in [0.15, 0.2) is 22.7 Å². The molecule has 0 aromatic heterocycles. The van der Waals surface area contributed by atoms with Crippen LogP contribution in [0.3, 0.4) is 0 Å². The van der Waals surface area contributed by atoms with E-state index in [4.69, 9.17) is 10.5 Å². The summed E-state index contributed by atoms with van der Waals surface area (Å²) in [5.74, 6) is -0.441. The Bertz CT molecular complexity index is 592. The van der Waals surface area contributed by atoms with E-state index in [1.54, 1.807) is 0 Å². The van der Waals surface area contributed by atoms with Crippen molar-refractivity contribution in [3.63, 3.8) is 0 Å². The smallest absolute Gasteiger partial charge is 0.243 e. The van der Waals surface area contributed by atoms with E-state index in [1.807, 2.05) is 25.1 Å². The van der Waals surface area contributed by atoms with Crippen molar-refractivity contribution >= 4 is 45.8 Å². The van der Waals surface area contributed by atoms with Crippen molar-refractivity contribution in [1.82, 2.24) is 5.32 Å². The third-order valence-corrected chi connectivity index (χ3v) is 4.70. The van der Waals surface area contributed by atoms with Gasteiger partial charge in [0, 0.05) is 29.9 Å². The molecular formula is C16H23BrClN3O3. The molecule has 2 rings (SSSR count). The monoisotopic (exact) mass is 419 g/mol. The quantitative estimate of drug-likeness (QED) is 0.679. The van der Waals surface area contributed by atoms with Gasteiger partial charge >= 0.3 is 0 Å². The first-order valence-corrected chi connectivity index (χ1v) is 8.38. The van der Waals surface area contributed by atoms with E-state index in [0.29, 0.717) is 26.1 Å². The van der Waals surface area contributed by atoms with E-state index >= 15 is 0 Å². The fourth-order valence-corrected chi connectivity index (χ4v) is 2.92. The van der Waals surface area contributed by atoms with Gasteiger partial charge in [0.05, 0.1) is 12.0 Å². The molecule has 1 heterocycles. The topological polar surface area (TPSA) is 93.5 Å². The van der Waals surface area contributed by atoms with Crippen LogP contribution in [0.5, 0.6) is 0 Å². The molecule has 2 amide bonds. The zero-order chi connectivity index (χ0) is 16.9. The van der Waals surface area contributed by atoms with Crippen LogP contribution in [0.2, 0.25) is 0 Å². The number of amides is 2. The highest BCUT2D eigenvalue weighted by Crippen LogP contribution is 2.29. The first-order valence-electron chi connectivity index (χ1n) is 7.59. The molecule has 0 aliphatic carbocycles. The highest BCUT2D eigenvalue weighted by atomic mass is 79.9. The summed E-state index contributed by atoms with van der Waals surface area (Å²) in [5, 5.41) is 5.50. The SMILES string of the molecule is Cc1ccc(Br)cc1NC(=O)CNC(=O)C1(CN)CCOCC1.Cl. The average Bonchev–Trinajstić information content (AvgIpc) is 2.56. The Hall–Kier alpha value is -1.15. The second-order valence-electron chi connectivity index (χ2n) is 5.79. The summed E-state index contributed by atoms with van der Waals surface area (Å²) < 4.78 is 6.17. The number of hydrogen-bond donors (Lipinski definition) is 3. The number of anilines is 1. The molecule has 0 radical (unpaired) electrons. The zero-order valence-corrected chi connectivity index (χ0v) is 16.0. The Morgan fingerprint density at radius 3 is 2.62 bits per heavy atom. The van der Waals surface area contributed by atoms with Gasteiger partial charge in [-0.2, -0.15) is 0 Å². The summed E-state index contributed by atoms with van der Waals surface area (Å²) in [6.07, 6.45) is 1.17. The van der Waals surface area contributed by atoms with Crippen LogP contribution < -0.4 is 16.4 Å². The number of nitrogens with two attached hydrogens (primary N) is 1. The van der Waals surface area contributed by atoms with Crippen LogP contribution in [0.1, 0.15) is 18.4 Å². The predicted octanol–water partition coefficient (Wildman–Crippen LogP) is 1.99. The van der Waals surface area contributed by atoms with Gasteiger partial charge < -0.3 is 21.1 Å². The number of carbonyl (C=O) groups is 2. The maximum Gasteiger partial charge on any atom is 0.243 e. The maximum absolute atomic E-state index is 12.4. The van der Waals surface area contributed by atoms with Crippen molar-refractivity contribution in [3.05, 3.63) is 28.2 Å². The van der Waals surface area contributed by atoms with Crippen molar-refractivity contribution in [2.45, 2.75) is 19.8 Å². The van der Waals surface area contributed by atoms with Gasteiger partial charge in [0.1, 0.15) is 0 Å². The standard InChI is InChI=1S/C16H22BrN3O3.ClH/c1-11-2-3-12(17)8-13(11)20-14(21)9-19-15(22)16(10-18)4-6-23-7-5-16;/h2-3,8H,4-7,9-10,18H2,1H3,(H,19,22)(H,20,21);1H. The van der Waals surface area contributed by atoms with Crippen molar-refractivity contribution in [2.24, 2.45) is 11.1 Å². The fourth-order valence-electron chi connectivity index (χ4n) is 2.56. The predicted molar refractivity (Wildman–Crippen MR) is 99.3 cm³/mol. The van der Waals surface area contributed by atoms with Crippen LogP contribution in [0.25, 0.3) is 0 Å². The normalized spacial score (nSPS) is 16.0. The Morgan fingerprint density at radius 1 is 1.33 bits per heavy atom. The van der Waals surface area contributed by atoms with Crippen LogP contribution >= 0.6 is 28.3 Å². The number of aryl methyl sites for hydroxylation is 1. The van der Waals surface area contributed by atoms with Gasteiger partial charge in [-0.15, -0.1) is 12.4 Å². The molecule has 24 heavy (non-hydrogen) atoms.